The summed E-state index contributed by atoms with van der Waals surface area (Å²) in [4.78, 5) is 24.3. The molecule has 28 heavy (non-hydrogen) atoms. The van der Waals surface area contributed by atoms with Crippen molar-refractivity contribution < 1.29 is 4.79 Å². The van der Waals surface area contributed by atoms with E-state index >= 15 is 0 Å². The van der Waals surface area contributed by atoms with Gasteiger partial charge in [0.2, 0.25) is 0 Å². The Bertz CT molecular complexity index is 1170. The minimum atomic E-state index is -0.0847. The lowest BCUT2D eigenvalue weighted by atomic mass is 10.1. The smallest absolute Gasteiger partial charge is 0.252 e. The largest absolute Gasteiger partial charge is 0.352 e. The summed E-state index contributed by atoms with van der Waals surface area (Å²) in [5.41, 5.74) is 4.03. The highest BCUT2D eigenvalue weighted by molar-refractivity contribution is 7.16. The molecule has 0 saturated carbocycles. The number of thiophene rings is 1. The van der Waals surface area contributed by atoms with Crippen LogP contribution in [0.5, 0.6) is 0 Å². The molecule has 4 heterocycles. The van der Waals surface area contributed by atoms with E-state index < -0.39 is 0 Å². The van der Waals surface area contributed by atoms with Crippen molar-refractivity contribution >= 4 is 39.6 Å². The average Bonchev–Trinajstić information content (AvgIpc) is 3.35. The highest BCUT2D eigenvalue weighted by Crippen LogP contribution is 2.29. The number of thiazole rings is 1. The van der Waals surface area contributed by atoms with Gasteiger partial charge in [0.25, 0.3) is 5.91 Å². The number of nitrogens with zero attached hydrogens (tertiary/aromatic N) is 4. The monoisotopic (exact) mass is 411 g/mol. The number of amides is 1. The molecule has 0 aliphatic carbocycles. The molecule has 0 radical (unpaired) electrons. The van der Waals surface area contributed by atoms with Crippen LogP contribution in [-0.4, -0.2) is 32.2 Å². The van der Waals surface area contributed by atoms with E-state index in [0.29, 0.717) is 12.1 Å². The van der Waals surface area contributed by atoms with Crippen LogP contribution in [0.1, 0.15) is 31.6 Å². The van der Waals surface area contributed by atoms with E-state index in [1.165, 1.54) is 9.75 Å². The molecule has 4 rings (SSSR count). The van der Waals surface area contributed by atoms with Gasteiger partial charge in [-0.05, 0) is 45.4 Å². The van der Waals surface area contributed by atoms with Gasteiger partial charge >= 0.3 is 0 Å². The molecule has 6 nitrogen and oxygen atoms in total. The van der Waals surface area contributed by atoms with Crippen molar-refractivity contribution in [3.63, 3.8) is 0 Å². The number of carbonyl (C=O) groups is 1. The highest BCUT2D eigenvalue weighted by atomic mass is 32.1. The van der Waals surface area contributed by atoms with Gasteiger partial charge in [0.15, 0.2) is 5.65 Å². The lowest BCUT2D eigenvalue weighted by molar-refractivity contribution is 0.0955. The third kappa shape index (κ3) is 3.57. The lowest BCUT2D eigenvalue weighted by Gasteiger charge is -2.07. The molecule has 0 bridgehead atoms. The Balaban J connectivity index is 1.46. The predicted molar refractivity (Wildman–Crippen MR) is 114 cm³/mol. The number of rotatable bonds is 5. The SMILES string of the molecule is Cc1cc(C(=O)NCCc2ccc(-c3csc(C)n3)s2)c2c(C)nn(C)c2n1. The molecule has 0 atom stereocenters. The van der Waals surface area contributed by atoms with Gasteiger partial charge in [0, 0.05) is 29.5 Å². The van der Waals surface area contributed by atoms with Gasteiger partial charge in [-0.3, -0.25) is 9.48 Å². The van der Waals surface area contributed by atoms with E-state index in [1.54, 1.807) is 27.4 Å². The minimum absolute atomic E-state index is 0.0847. The molecule has 8 heteroatoms. The van der Waals surface area contributed by atoms with Gasteiger partial charge in [-0.25, -0.2) is 9.97 Å². The Labute approximate surface area is 171 Å². The zero-order valence-electron chi connectivity index (χ0n) is 16.2. The molecule has 4 aromatic heterocycles. The number of pyridine rings is 1. The standard InChI is InChI=1S/C20H21N5OS2/c1-11-9-15(18-12(2)24-25(4)19(18)22-11)20(26)21-8-7-14-5-6-17(28-14)16-10-27-13(3)23-16/h5-6,9-10H,7-8H2,1-4H3,(H,21,26). The fourth-order valence-corrected chi connectivity index (χ4v) is 4.93. The number of aromatic nitrogens is 4. The molecular weight excluding hydrogens is 390 g/mol. The van der Waals surface area contributed by atoms with Crippen molar-refractivity contribution in [3.8, 4) is 10.6 Å². The van der Waals surface area contributed by atoms with Crippen LogP contribution in [0.2, 0.25) is 0 Å². The summed E-state index contributed by atoms with van der Waals surface area (Å²) < 4.78 is 1.72. The van der Waals surface area contributed by atoms with E-state index in [4.69, 9.17) is 0 Å². The Kier molecular flexibility index (Phi) is 4.99. The molecule has 0 fully saturated rings. The van der Waals surface area contributed by atoms with Crippen LogP contribution in [-0.2, 0) is 13.5 Å². The Morgan fingerprint density at radius 2 is 2.04 bits per heavy atom. The van der Waals surface area contributed by atoms with Crippen molar-refractivity contribution in [2.75, 3.05) is 6.54 Å². The first kappa shape index (κ1) is 18.8. The molecule has 0 spiro atoms. The van der Waals surface area contributed by atoms with Gasteiger partial charge in [0.1, 0.15) is 0 Å². The van der Waals surface area contributed by atoms with E-state index in [2.05, 4.69) is 37.9 Å². The van der Waals surface area contributed by atoms with Crippen molar-refractivity contribution in [3.05, 3.63) is 50.4 Å². The maximum absolute atomic E-state index is 12.8. The summed E-state index contributed by atoms with van der Waals surface area (Å²) >= 11 is 3.39. The number of carbonyl (C=O) groups excluding carboxylic acids is 1. The summed E-state index contributed by atoms with van der Waals surface area (Å²) in [5, 5.41) is 11.4. The second kappa shape index (κ2) is 7.44. The quantitative estimate of drug-likeness (QED) is 0.538. The first-order valence-electron chi connectivity index (χ1n) is 9.02. The van der Waals surface area contributed by atoms with E-state index in [-0.39, 0.29) is 5.91 Å². The number of nitrogens with one attached hydrogen (secondary N) is 1. The molecule has 4 aromatic rings. The van der Waals surface area contributed by atoms with Crippen LogP contribution < -0.4 is 5.32 Å². The Morgan fingerprint density at radius 1 is 1.21 bits per heavy atom. The summed E-state index contributed by atoms with van der Waals surface area (Å²) in [6, 6.07) is 6.05. The summed E-state index contributed by atoms with van der Waals surface area (Å²) in [6.07, 6.45) is 0.790. The van der Waals surface area contributed by atoms with Crippen LogP contribution in [0.3, 0.4) is 0 Å². The molecule has 0 aromatic carbocycles. The maximum atomic E-state index is 12.8. The van der Waals surface area contributed by atoms with E-state index in [1.807, 2.05) is 33.9 Å². The molecular formula is C20H21N5OS2. The molecule has 1 N–H and O–H groups in total. The second-order valence-corrected chi connectivity index (χ2v) is 8.97. The first-order chi connectivity index (χ1) is 13.4. The van der Waals surface area contributed by atoms with Crippen LogP contribution in [0, 0.1) is 20.8 Å². The summed E-state index contributed by atoms with van der Waals surface area (Å²) in [5.74, 6) is -0.0847. The maximum Gasteiger partial charge on any atom is 0.252 e. The normalized spacial score (nSPS) is 11.3. The van der Waals surface area contributed by atoms with Gasteiger partial charge in [0.05, 0.1) is 32.2 Å². The molecule has 0 aliphatic heterocycles. The van der Waals surface area contributed by atoms with Crippen LogP contribution in [0.4, 0.5) is 0 Å². The molecule has 144 valence electrons. The lowest BCUT2D eigenvalue weighted by Crippen LogP contribution is -2.26. The molecule has 1 amide bonds. The molecule has 0 saturated heterocycles. The van der Waals surface area contributed by atoms with Crippen molar-refractivity contribution in [1.29, 1.82) is 0 Å². The van der Waals surface area contributed by atoms with Gasteiger partial charge in [-0.15, -0.1) is 22.7 Å². The number of hydrogen-bond acceptors (Lipinski definition) is 6. The van der Waals surface area contributed by atoms with Crippen LogP contribution in [0.25, 0.3) is 21.6 Å². The van der Waals surface area contributed by atoms with Crippen molar-refractivity contribution in [2.45, 2.75) is 27.2 Å². The Morgan fingerprint density at radius 3 is 2.79 bits per heavy atom. The zero-order chi connectivity index (χ0) is 19.8. The minimum Gasteiger partial charge on any atom is -0.352 e. The van der Waals surface area contributed by atoms with Gasteiger partial charge in [-0.2, -0.15) is 5.10 Å². The molecule has 0 unspecified atom stereocenters. The highest BCUT2D eigenvalue weighted by Gasteiger charge is 2.17. The second-order valence-electron chi connectivity index (χ2n) is 6.74. The van der Waals surface area contributed by atoms with Crippen LogP contribution >= 0.6 is 22.7 Å². The third-order valence-electron chi connectivity index (χ3n) is 4.53. The summed E-state index contributed by atoms with van der Waals surface area (Å²) in [6.45, 7) is 6.40. The number of hydrogen-bond donors (Lipinski definition) is 1. The fourth-order valence-electron chi connectivity index (χ4n) is 3.27. The molecule has 0 aliphatic rings. The first-order valence-corrected chi connectivity index (χ1v) is 10.7. The third-order valence-corrected chi connectivity index (χ3v) is 6.47. The Hall–Kier alpha value is -2.58. The van der Waals surface area contributed by atoms with Gasteiger partial charge < -0.3 is 5.32 Å². The van der Waals surface area contributed by atoms with E-state index in [0.717, 1.165) is 39.5 Å². The number of fused-ring (bicyclic) bond motifs is 1. The van der Waals surface area contributed by atoms with E-state index in [9.17, 15) is 4.79 Å². The van der Waals surface area contributed by atoms with Crippen LogP contribution in [0.15, 0.2) is 23.6 Å². The van der Waals surface area contributed by atoms with Crippen molar-refractivity contribution in [2.24, 2.45) is 7.05 Å². The average molecular weight is 412 g/mol. The number of aryl methyl sites for hydroxylation is 4. The van der Waals surface area contributed by atoms with Crippen molar-refractivity contribution in [1.82, 2.24) is 25.1 Å². The zero-order valence-corrected chi connectivity index (χ0v) is 17.9. The summed E-state index contributed by atoms with van der Waals surface area (Å²) in [7, 11) is 1.85. The fraction of sp³-hybridized carbons (Fsp3) is 0.300. The predicted octanol–water partition coefficient (Wildman–Crippen LogP) is 4.05. The topological polar surface area (TPSA) is 72.7 Å². The van der Waals surface area contributed by atoms with Gasteiger partial charge in [-0.1, -0.05) is 0 Å².